The van der Waals surface area contributed by atoms with Crippen LogP contribution < -0.4 is 10.6 Å². The first-order valence-electron chi connectivity index (χ1n) is 14.2. The normalized spacial score (nSPS) is 15.3. The van der Waals surface area contributed by atoms with Crippen LogP contribution in [0.15, 0.2) is 134 Å². The molecule has 0 spiro atoms. The molecule has 0 aliphatic heterocycles. The second kappa shape index (κ2) is 11.6. The second-order valence-corrected chi connectivity index (χ2v) is 10.4. The Labute approximate surface area is 254 Å². The predicted octanol–water partition coefficient (Wildman–Crippen LogP) is 7.91. The Morgan fingerprint density at radius 2 is 0.932 bits per heavy atom. The first-order chi connectivity index (χ1) is 21.6. The van der Waals surface area contributed by atoms with E-state index in [1.54, 1.807) is 30.9 Å². The van der Waals surface area contributed by atoms with Crippen LogP contribution in [-0.4, -0.2) is 21.5 Å². The third-order valence-corrected chi connectivity index (χ3v) is 7.66. The van der Waals surface area contributed by atoms with Gasteiger partial charge in [-0.25, -0.2) is 9.97 Å². The van der Waals surface area contributed by atoms with Gasteiger partial charge in [0.25, 0.3) is 0 Å². The number of carbonyl (C=O) groups excluding carboxylic acids is 2. The number of hydrogen-bond acceptors (Lipinski definition) is 6. The molecule has 1 aromatic heterocycles. The van der Waals surface area contributed by atoms with Gasteiger partial charge in [0, 0.05) is 46.0 Å². The van der Waals surface area contributed by atoms with E-state index >= 15 is 0 Å². The van der Waals surface area contributed by atoms with Gasteiger partial charge in [0.1, 0.15) is 6.33 Å². The molecule has 6 nitrogen and oxygen atoms in total. The first-order valence-corrected chi connectivity index (χ1v) is 14.2. The van der Waals surface area contributed by atoms with Crippen molar-refractivity contribution in [3.63, 3.8) is 0 Å². The number of benzene rings is 4. The number of hydrogen-bond donors (Lipinski definition) is 2. The molecule has 0 amide bonds. The quantitative estimate of drug-likeness (QED) is 0.202. The van der Waals surface area contributed by atoms with E-state index in [4.69, 9.17) is 0 Å². The molecule has 6 heteroatoms. The maximum atomic E-state index is 12.5. The number of allylic oxidation sites excluding steroid dienone is 4. The average Bonchev–Trinajstić information content (AvgIpc) is 3.08. The molecule has 210 valence electrons. The third-order valence-electron chi connectivity index (χ3n) is 7.66. The Kier molecular flexibility index (Phi) is 7.06. The summed E-state index contributed by atoms with van der Waals surface area (Å²) in [7, 11) is 0. The Bertz CT molecular complexity index is 1890. The molecule has 2 aliphatic rings. The van der Waals surface area contributed by atoms with Gasteiger partial charge in [-0.05, 0) is 64.7 Å². The number of nitrogens with zero attached hydrogens (tertiary/aromatic N) is 2. The molecule has 0 atom stereocenters. The van der Waals surface area contributed by atoms with Gasteiger partial charge in [0.05, 0.1) is 11.4 Å². The van der Waals surface area contributed by atoms with Crippen molar-refractivity contribution in [2.24, 2.45) is 0 Å². The Balaban J connectivity index is 1.05. The lowest BCUT2D eigenvalue weighted by Crippen LogP contribution is -2.06. The van der Waals surface area contributed by atoms with Gasteiger partial charge in [-0.3, -0.25) is 9.59 Å². The van der Waals surface area contributed by atoms with E-state index in [2.05, 4.69) is 20.6 Å². The van der Waals surface area contributed by atoms with E-state index in [9.17, 15) is 9.59 Å². The van der Waals surface area contributed by atoms with Crippen LogP contribution in [0.4, 0.5) is 11.4 Å². The summed E-state index contributed by atoms with van der Waals surface area (Å²) in [6, 6.07) is 33.5. The molecule has 2 N–H and O–H groups in total. The van der Waals surface area contributed by atoms with Gasteiger partial charge in [0.2, 0.25) is 0 Å². The Morgan fingerprint density at radius 1 is 0.500 bits per heavy atom. The highest BCUT2D eigenvalue weighted by atomic mass is 16.1. The molecule has 4 aromatic carbocycles. The summed E-state index contributed by atoms with van der Waals surface area (Å²) in [6.07, 6.45) is 12.0. The molecule has 5 aromatic rings. The van der Waals surface area contributed by atoms with E-state index in [1.807, 2.05) is 115 Å². The van der Waals surface area contributed by atoms with Crippen molar-refractivity contribution in [2.45, 2.75) is 0 Å². The molecule has 0 saturated carbocycles. The van der Waals surface area contributed by atoms with Crippen LogP contribution in [0.3, 0.4) is 0 Å². The van der Waals surface area contributed by atoms with Gasteiger partial charge in [0.15, 0.2) is 11.6 Å². The number of anilines is 2. The van der Waals surface area contributed by atoms with Crippen LogP contribution in [0.25, 0.3) is 45.8 Å². The first kappa shape index (κ1) is 26.7. The molecule has 0 bridgehead atoms. The fourth-order valence-corrected chi connectivity index (χ4v) is 5.31. The van der Waals surface area contributed by atoms with E-state index in [1.165, 1.54) is 0 Å². The summed E-state index contributed by atoms with van der Waals surface area (Å²) in [5.41, 5.74) is 10.4. The monoisotopic (exact) mass is 570 g/mol. The Morgan fingerprint density at radius 3 is 1.39 bits per heavy atom. The zero-order valence-corrected chi connectivity index (χ0v) is 23.6. The third kappa shape index (κ3) is 5.40. The maximum absolute atomic E-state index is 12.5. The average molecular weight is 571 g/mol. The number of ketones is 2. The molecule has 0 unspecified atom stereocenters. The van der Waals surface area contributed by atoms with Crippen molar-refractivity contribution in [3.05, 3.63) is 156 Å². The molecular weight excluding hydrogens is 544 g/mol. The minimum absolute atomic E-state index is 0.0234. The largest absolute Gasteiger partial charge is 0.361 e. The van der Waals surface area contributed by atoms with Crippen LogP contribution in [0.5, 0.6) is 0 Å². The van der Waals surface area contributed by atoms with Gasteiger partial charge in [-0.2, -0.15) is 0 Å². The highest BCUT2D eigenvalue weighted by molar-refractivity contribution is 6.30. The lowest BCUT2D eigenvalue weighted by Gasteiger charge is -2.13. The highest BCUT2D eigenvalue weighted by Gasteiger charge is 2.17. The molecule has 0 fully saturated rings. The summed E-state index contributed by atoms with van der Waals surface area (Å²) < 4.78 is 0. The zero-order chi connectivity index (χ0) is 29.9. The fourth-order valence-electron chi connectivity index (χ4n) is 5.31. The molecule has 1 heterocycles. The van der Waals surface area contributed by atoms with Crippen LogP contribution in [0.2, 0.25) is 0 Å². The number of fused-ring (bicyclic) bond motifs is 2. The molecule has 44 heavy (non-hydrogen) atoms. The summed E-state index contributed by atoms with van der Waals surface area (Å²) in [5.74, 6) is -0.0469. The van der Waals surface area contributed by atoms with Gasteiger partial charge in [-0.1, -0.05) is 84.9 Å². The topological polar surface area (TPSA) is 84.0 Å². The summed E-state index contributed by atoms with van der Waals surface area (Å²) >= 11 is 0. The highest BCUT2D eigenvalue weighted by Crippen LogP contribution is 2.29. The summed E-state index contributed by atoms with van der Waals surface area (Å²) in [5, 5.41) is 6.53. The smallest absolute Gasteiger partial charge is 0.187 e. The van der Waals surface area contributed by atoms with Crippen LogP contribution >= 0.6 is 0 Å². The predicted molar refractivity (Wildman–Crippen MR) is 177 cm³/mol. The van der Waals surface area contributed by atoms with Crippen molar-refractivity contribution in [1.29, 1.82) is 0 Å². The number of carbonyl (C=O) groups is 2. The lowest BCUT2D eigenvalue weighted by atomic mass is 9.92. The number of nitrogens with one attached hydrogen (secondary N) is 2. The SMILES string of the molecule is O=C1C=Cc2ccccc2C1=CNc1ccc(-c2cc(-c3ccc(NC=C4C(=O)C=Cc5ccccc54)cc3)ncn2)cc1. The van der Waals surface area contributed by atoms with E-state index in [-0.39, 0.29) is 11.6 Å². The summed E-state index contributed by atoms with van der Waals surface area (Å²) in [4.78, 5) is 34.0. The van der Waals surface area contributed by atoms with E-state index < -0.39 is 0 Å². The Hall–Kier alpha value is -6.14. The fraction of sp³-hybridized carbons (Fsp3) is 0. The number of aromatic nitrogens is 2. The van der Waals surface area contributed by atoms with Gasteiger partial charge < -0.3 is 10.6 Å². The second-order valence-electron chi connectivity index (χ2n) is 10.4. The minimum Gasteiger partial charge on any atom is -0.361 e. The summed E-state index contributed by atoms with van der Waals surface area (Å²) in [6.45, 7) is 0. The number of rotatable bonds is 6. The molecule has 0 radical (unpaired) electrons. The van der Waals surface area contributed by atoms with Gasteiger partial charge in [-0.15, -0.1) is 0 Å². The van der Waals surface area contributed by atoms with Gasteiger partial charge >= 0.3 is 0 Å². The van der Waals surface area contributed by atoms with Crippen LogP contribution in [-0.2, 0) is 9.59 Å². The molecule has 2 aliphatic carbocycles. The molecule has 7 rings (SSSR count). The van der Waals surface area contributed by atoms with Crippen molar-refractivity contribution >= 4 is 46.2 Å². The van der Waals surface area contributed by atoms with Crippen molar-refractivity contribution in [1.82, 2.24) is 9.97 Å². The van der Waals surface area contributed by atoms with Crippen molar-refractivity contribution in [2.75, 3.05) is 10.6 Å². The minimum atomic E-state index is -0.0234. The van der Waals surface area contributed by atoms with Crippen molar-refractivity contribution < 1.29 is 9.59 Å². The van der Waals surface area contributed by atoms with Crippen molar-refractivity contribution in [3.8, 4) is 22.5 Å². The standard InChI is InChI=1S/C38H26N4O2/c43-37-19-13-25-5-1-3-7-31(25)33(37)22-39-29-15-9-27(10-16-29)35-21-36(42-24-41-35)28-11-17-30(18-12-28)40-23-34-32-8-4-2-6-26(32)14-20-38(34)44/h1-24,39-40H. The van der Waals surface area contributed by atoms with Crippen LogP contribution in [0, 0.1) is 0 Å². The van der Waals surface area contributed by atoms with Crippen LogP contribution in [0.1, 0.15) is 22.3 Å². The maximum Gasteiger partial charge on any atom is 0.187 e. The van der Waals surface area contributed by atoms with E-state index in [0.717, 1.165) is 56.1 Å². The molecular formula is C38H26N4O2. The van der Waals surface area contributed by atoms with E-state index in [0.29, 0.717) is 11.1 Å². The lowest BCUT2D eigenvalue weighted by molar-refractivity contribution is -0.110. The molecule has 0 saturated heterocycles. The zero-order valence-electron chi connectivity index (χ0n) is 23.6.